The van der Waals surface area contributed by atoms with Crippen LogP contribution in [0.3, 0.4) is 0 Å². The lowest BCUT2D eigenvalue weighted by molar-refractivity contribution is -0.129. The molecule has 0 spiro atoms. The molecule has 0 bridgehead atoms. The van der Waals surface area contributed by atoms with E-state index in [0.717, 1.165) is 20.5 Å². The third kappa shape index (κ3) is 3.03. The number of nitrogens with zero attached hydrogens (tertiary/aromatic N) is 1. The van der Waals surface area contributed by atoms with Crippen molar-refractivity contribution in [1.82, 2.24) is 10.2 Å². The predicted octanol–water partition coefficient (Wildman–Crippen LogP) is 4.89. The molecule has 5 nitrogen and oxygen atoms in total. The summed E-state index contributed by atoms with van der Waals surface area (Å²) in [6.07, 6.45) is 0. The van der Waals surface area contributed by atoms with Gasteiger partial charge in [-0.05, 0) is 35.1 Å². The summed E-state index contributed by atoms with van der Waals surface area (Å²) in [5.41, 5.74) is 0.810. The number of urea groups is 1. The molecule has 1 fully saturated rings. The van der Waals surface area contributed by atoms with Gasteiger partial charge in [0.15, 0.2) is 11.3 Å². The van der Waals surface area contributed by atoms with Crippen molar-refractivity contribution in [2.24, 2.45) is 0 Å². The first-order chi connectivity index (χ1) is 15.5. The Bertz CT molecular complexity index is 1310. The van der Waals surface area contributed by atoms with Gasteiger partial charge < -0.3 is 5.32 Å². The van der Waals surface area contributed by atoms with E-state index in [1.807, 2.05) is 91.9 Å². The number of thiophene rings is 1. The Balaban J connectivity index is 1.53. The summed E-state index contributed by atoms with van der Waals surface area (Å²) in [5, 5.41) is 3.90. The van der Waals surface area contributed by atoms with Crippen LogP contribution in [0.15, 0.2) is 84.9 Å². The number of ketones is 1. The van der Waals surface area contributed by atoms with E-state index in [9.17, 15) is 14.4 Å². The maximum Gasteiger partial charge on any atom is 0.325 e. The third-order valence-corrected chi connectivity index (χ3v) is 7.23. The van der Waals surface area contributed by atoms with E-state index in [2.05, 4.69) is 5.32 Å². The molecule has 6 heteroatoms. The molecular formula is C26H20N2O3S. The van der Waals surface area contributed by atoms with Gasteiger partial charge in [-0.3, -0.25) is 14.5 Å². The van der Waals surface area contributed by atoms with Crippen LogP contribution < -0.4 is 5.32 Å². The molecule has 5 rings (SSSR count). The molecule has 1 saturated heterocycles. The van der Waals surface area contributed by atoms with E-state index in [0.29, 0.717) is 16.0 Å². The molecule has 3 amide bonds. The number of amides is 3. The number of benzene rings is 3. The molecule has 1 aliphatic heterocycles. The first-order valence-electron chi connectivity index (χ1n) is 10.3. The second-order valence-electron chi connectivity index (χ2n) is 7.78. The average molecular weight is 441 g/mol. The van der Waals surface area contributed by atoms with Crippen LogP contribution in [0.2, 0.25) is 0 Å². The van der Waals surface area contributed by atoms with Gasteiger partial charge in [0.2, 0.25) is 0 Å². The number of fused-ring (bicyclic) bond motifs is 1. The number of aryl methyl sites for hydroxylation is 1. The van der Waals surface area contributed by atoms with Gasteiger partial charge in [-0.25, -0.2) is 4.79 Å². The summed E-state index contributed by atoms with van der Waals surface area (Å²) in [5.74, 6) is -0.698. The number of rotatable bonds is 5. The Morgan fingerprint density at radius 2 is 1.44 bits per heavy atom. The van der Waals surface area contributed by atoms with Gasteiger partial charge in [-0.2, -0.15) is 0 Å². The Kier molecular flexibility index (Phi) is 4.87. The molecule has 32 heavy (non-hydrogen) atoms. The van der Waals surface area contributed by atoms with Crippen LogP contribution in [0, 0.1) is 6.92 Å². The minimum absolute atomic E-state index is 0.246. The van der Waals surface area contributed by atoms with Gasteiger partial charge >= 0.3 is 6.03 Å². The third-order valence-electron chi connectivity index (χ3n) is 5.92. The summed E-state index contributed by atoms with van der Waals surface area (Å²) < 4.78 is 1.01. The topological polar surface area (TPSA) is 66.5 Å². The number of hydrogen-bond donors (Lipinski definition) is 1. The Morgan fingerprint density at radius 3 is 2.03 bits per heavy atom. The van der Waals surface area contributed by atoms with Crippen LogP contribution in [-0.4, -0.2) is 29.2 Å². The van der Waals surface area contributed by atoms with E-state index in [-0.39, 0.29) is 12.3 Å². The number of carbonyl (C=O) groups excluding carboxylic acids is 3. The van der Waals surface area contributed by atoms with E-state index in [4.69, 9.17) is 0 Å². The first-order valence-corrected chi connectivity index (χ1v) is 11.1. The van der Waals surface area contributed by atoms with E-state index >= 15 is 0 Å². The molecule has 0 atom stereocenters. The summed E-state index contributed by atoms with van der Waals surface area (Å²) in [4.78, 5) is 41.6. The summed E-state index contributed by atoms with van der Waals surface area (Å²) in [6.45, 7) is 1.59. The Labute approximate surface area is 189 Å². The van der Waals surface area contributed by atoms with Crippen LogP contribution in [-0.2, 0) is 10.3 Å². The molecule has 4 aromatic rings. The fourth-order valence-electron chi connectivity index (χ4n) is 4.31. The van der Waals surface area contributed by atoms with Gasteiger partial charge in [-0.15, -0.1) is 11.3 Å². The molecule has 2 heterocycles. The van der Waals surface area contributed by atoms with Crippen molar-refractivity contribution in [2.45, 2.75) is 12.5 Å². The zero-order valence-electron chi connectivity index (χ0n) is 17.4. The SMILES string of the molecule is Cc1c(C(=O)CN2C(=O)NC(c3ccccc3)(c3ccccc3)C2=O)sc2ccccc12. The second-order valence-corrected chi connectivity index (χ2v) is 8.83. The molecule has 0 unspecified atom stereocenters. The largest absolute Gasteiger partial charge is 0.325 e. The highest BCUT2D eigenvalue weighted by Crippen LogP contribution is 2.37. The maximum absolute atomic E-state index is 13.8. The zero-order chi connectivity index (χ0) is 22.3. The molecule has 1 aliphatic rings. The lowest BCUT2D eigenvalue weighted by Crippen LogP contribution is -2.45. The Morgan fingerprint density at radius 1 is 0.875 bits per heavy atom. The summed E-state index contributed by atoms with van der Waals surface area (Å²) in [6, 6.07) is 25.5. The van der Waals surface area contributed by atoms with Crippen molar-refractivity contribution < 1.29 is 14.4 Å². The summed E-state index contributed by atoms with van der Waals surface area (Å²) >= 11 is 1.39. The standard InChI is InChI=1S/C26H20N2O3S/c1-17-20-14-8-9-15-22(20)32-23(17)21(29)16-28-24(30)26(27-25(28)31,18-10-4-2-5-11-18)19-12-6-3-7-13-19/h2-15H,16H2,1H3,(H,27,31). The van der Waals surface area contributed by atoms with Crippen LogP contribution in [0.4, 0.5) is 4.79 Å². The van der Waals surface area contributed by atoms with Crippen LogP contribution >= 0.6 is 11.3 Å². The predicted molar refractivity (Wildman–Crippen MR) is 125 cm³/mol. The van der Waals surface area contributed by atoms with Crippen molar-refractivity contribution in [3.63, 3.8) is 0 Å². The monoisotopic (exact) mass is 440 g/mol. The first kappa shape index (κ1) is 20.2. The second kappa shape index (κ2) is 7.73. The molecule has 158 valence electrons. The molecule has 0 radical (unpaired) electrons. The normalized spacial score (nSPS) is 15.2. The Hall–Kier alpha value is -3.77. The number of hydrogen-bond acceptors (Lipinski definition) is 4. The minimum atomic E-state index is -1.37. The van der Waals surface area contributed by atoms with Crippen molar-refractivity contribution >= 4 is 39.1 Å². The van der Waals surface area contributed by atoms with Gasteiger partial charge in [0.25, 0.3) is 5.91 Å². The number of carbonyl (C=O) groups is 3. The highest BCUT2D eigenvalue weighted by molar-refractivity contribution is 7.21. The molecule has 1 N–H and O–H groups in total. The minimum Gasteiger partial charge on any atom is -0.315 e. The molecule has 0 aliphatic carbocycles. The highest BCUT2D eigenvalue weighted by Gasteiger charge is 2.54. The van der Waals surface area contributed by atoms with Gasteiger partial charge in [0, 0.05) is 4.70 Å². The molecular weight excluding hydrogens is 420 g/mol. The lowest BCUT2D eigenvalue weighted by atomic mass is 9.82. The fourth-order valence-corrected chi connectivity index (χ4v) is 5.45. The van der Waals surface area contributed by atoms with Gasteiger partial charge in [0.1, 0.15) is 0 Å². The van der Waals surface area contributed by atoms with Crippen LogP contribution in [0.5, 0.6) is 0 Å². The van der Waals surface area contributed by atoms with Crippen molar-refractivity contribution in [2.75, 3.05) is 6.54 Å². The highest BCUT2D eigenvalue weighted by atomic mass is 32.1. The van der Waals surface area contributed by atoms with Gasteiger partial charge in [0.05, 0.1) is 11.4 Å². The molecule has 0 saturated carbocycles. The number of Topliss-reactive ketones (excluding diaryl/α,β-unsaturated/α-hetero) is 1. The maximum atomic E-state index is 13.8. The van der Waals surface area contributed by atoms with Gasteiger partial charge in [-0.1, -0.05) is 78.9 Å². The zero-order valence-corrected chi connectivity index (χ0v) is 18.2. The molecule has 3 aromatic carbocycles. The number of nitrogens with one attached hydrogen (secondary N) is 1. The fraction of sp³-hybridized carbons (Fsp3) is 0.115. The van der Waals surface area contributed by atoms with Crippen LogP contribution in [0.1, 0.15) is 26.4 Å². The summed E-state index contributed by atoms with van der Waals surface area (Å²) in [7, 11) is 0. The van der Waals surface area contributed by atoms with Crippen molar-refractivity contribution in [3.8, 4) is 0 Å². The lowest BCUT2D eigenvalue weighted by Gasteiger charge is -2.27. The van der Waals surface area contributed by atoms with Crippen LogP contribution in [0.25, 0.3) is 10.1 Å². The van der Waals surface area contributed by atoms with E-state index in [1.165, 1.54) is 11.3 Å². The molecule has 1 aromatic heterocycles. The van der Waals surface area contributed by atoms with E-state index < -0.39 is 17.5 Å². The average Bonchev–Trinajstić information content (AvgIpc) is 3.30. The smallest absolute Gasteiger partial charge is 0.315 e. The van der Waals surface area contributed by atoms with Crippen molar-refractivity contribution in [1.29, 1.82) is 0 Å². The van der Waals surface area contributed by atoms with Crippen molar-refractivity contribution in [3.05, 3.63) is 106 Å². The number of imide groups is 1. The quantitative estimate of drug-likeness (QED) is 0.355. The van der Waals surface area contributed by atoms with E-state index in [1.54, 1.807) is 0 Å².